The molecule has 7 heteroatoms. The van der Waals surface area contributed by atoms with Crippen LogP contribution in [0.15, 0.2) is 35.3 Å². The zero-order valence-electron chi connectivity index (χ0n) is 23.8. The number of aliphatic imine (C=N–C) groups is 1. The second kappa shape index (κ2) is 12.6. The number of unbranched alkanes of at least 4 members (excludes halogenated alkanes) is 1. The molecule has 1 aromatic rings. The third kappa shape index (κ3) is 7.26. The van der Waals surface area contributed by atoms with Gasteiger partial charge in [0.2, 0.25) is 5.91 Å². The van der Waals surface area contributed by atoms with Crippen molar-refractivity contribution in [2.24, 2.45) is 4.99 Å². The maximum Gasteiger partial charge on any atom is 0.288 e. The van der Waals surface area contributed by atoms with E-state index in [1.165, 1.54) is 45.3 Å². The van der Waals surface area contributed by atoms with Crippen molar-refractivity contribution in [1.29, 1.82) is 0 Å². The number of nitrogens with zero attached hydrogens (tertiary/aromatic N) is 4. The topological polar surface area (TPSA) is 60.4 Å². The van der Waals surface area contributed by atoms with Crippen molar-refractivity contribution in [2.75, 3.05) is 39.3 Å². The molecule has 0 radical (unpaired) electrons. The Morgan fingerprint density at radius 1 is 1.08 bits per heavy atom. The molecule has 206 valence electrons. The molecule has 0 aromatic heterocycles. The van der Waals surface area contributed by atoms with Gasteiger partial charge in [0.25, 0.3) is 6.02 Å². The van der Waals surface area contributed by atoms with Crippen LogP contribution in [0.2, 0.25) is 0 Å². The summed E-state index contributed by atoms with van der Waals surface area (Å²) in [5, 5.41) is 3.57. The van der Waals surface area contributed by atoms with Crippen LogP contribution in [-0.2, 0) is 9.53 Å². The van der Waals surface area contributed by atoms with Crippen molar-refractivity contribution in [3.8, 4) is 0 Å². The van der Waals surface area contributed by atoms with Crippen LogP contribution in [0, 0.1) is 0 Å². The summed E-state index contributed by atoms with van der Waals surface area (Å²) in [4.78, 5) is 25.5. The molecule has 3 aliphatic rings. The van der Waals surface area contributed by atoms with Crippen LogP contribution < -0.4 is 5.32 Å². The van der Waals surface area contributed by atoms with Gasteiger partial charge in [0, 0.05) is 31.7 Å². The van der Waals surface area contributed by atoms with E-state index in [4.69, 9.17) is 9.73 Å². The first-order valence-electron chi connectivity index (χ1n) is 14.6. The molecule has 0 aliphatic carbocycles. The lowest BCUT2D eigenvalue weighted by Gasteiger charge is -2.42. The van der Waals surface area contributed by atoms with Crippen LogP contribution in [-0.4, -0.2) is 89.6 Å². The summed E-state index contributed by atoms with van der Waals surface area (Å²) in [5.41, 5.74) is 0.823. The van der Waals surface area contributed by atoms with Crippen molar-refractivity contribution >= 4 is 11.9 Å². The molecule has 1 unspecified atom stereocenters. The minimum Gasteiger partial charge on any atom is -0.454 e. The van der Waals surface area contributed by atoms with Crippen LogP contribution in [0.3, 0.4) is 0 Å². The van der Waals surface area contributed by atoms with Gasteiger partial charge >= 0.3 is 0 Å². The lowest BCUT2D eigenvalue weighted by atomic mass is 9.93. The van der Waals surface area contributed by atoms with Crippen molar-refractivity contribution in [2.45, 2.75) is 103 Å². The molecular formula is C30H49N5O2. The zero-order valence-corrected chi connectivity index (χ0v) is 23.8. The van der Waals surface area contributed by atoms with E-state index in [-0.39, 0.29) is 35.7 Å². The Kier molecular flexibility index (Phi) is 9.51. The molecule has 0 bridgehead atoms. The number of benzene rings is 1. The van der Waals surface area contributed by atoms with Crippen molar-refractivity contribution in [3.05, 3.63) is 35.9 Å². The standard InChI is InChI=1S/C30H49N5O2/c1-23(2)31-26(16-10-13-19-33-17-11-7-12-18-33)28(36)35-21-20-34(22-24(35)3)29-32-30(4,5)27(37-29)25-14-8-6-9-15-25/h6,8-9,14-15,23-24,26-27,31H,7,10-13,16-22H2,1-5H3/t24-,26-,27?/m1/s1. The Morgan fingerprint density at radius 3 is 2.49 bits per heavy atom. The SMILES string of the molecule is CC(C)N[C@H](CCCCN1CCCCC1)C(=O)N1CCN(C2=NC(C)(C)C(c3ccccc3)O2)C[C@H]1C. The van der Waals surface area contributed by atoms with E-state index in [9.17, 15) is 4.79 Å². The predicted molar refractivity (Wildman–Crippen MR) is 151 cm³/mol. The molecule has 7 nitrogen and oxygen atoms in total. The fourth-order valence-corrected chi connectivity index (χ4v) is 6.04. The molecule has 4 rings (SSSR count). The van der Waals surface area contributed by atoms with Gasteiger partial charge in [-0.3, -0.25) is 4.79 Å². The Labute approximate surface area is 224 Å². The number of amides is 1. The quantitative estimate of drug-likeness (QED) is 0.497. The zero-order chi connectivity index (χ0) is 26.4. The second-order valence-corrected chi connectivity index (χ2v) is 12.1. The first-order chi connectivity index (χ1) is 17.7. The molecule has 3 atom stereocenters. The van der Waals surface area contributed by atoms with Crippen molar-refractivity contribution in [1.82, 2.24) is 20.0 Å². The van der Waals surface area contributed by atoms with E-state index >= 15 is 0 Å². The van der Waals surface area contributed by atoms with Crippen LogP contribution in [0.5, 0.6) is 0 Å². The molecular weight excluding hydrogens is 462 g/mol. The minimum absolute atomic E-state index is 0.0942. The van der Waals surface area contributed by atoms with Gasteiger partial charge < -0.3 is 24.8 Å². The number of piperazine rings is 1. The third-order valence-electron chi connectivity index (χ3n) is 8.03. The monoisotopic (exact) mass is 511 g/mol. The van der Waals surface area contributed by atoms with Gasteiger partial charge in [-0.25, -0.2) is 4.99 Å². The molecule has 1 amide bonds. The number of likely N-dealkylation sites (tertiary alicyclic amines) is 1. The molecule has 3 aliphatic heterocycles. The van der Waals surface area contributed by atoms with Crippen LogP contribution in [0.1, 0.15) is 84.8 Å². The highest BCUT2D eigenvalue weighted by Gasteiger charge is 2.42. The summed E-state index contributed by atoms with van der Waals surface area (Å²) in [7, 11) is 0. The smallest absolute Gasteiger partial charge is 0.288 e. The molecule has 3 heterocycles. The van der Waals surface area contributed by atoms with Gasteiger partial charge in [0.1, 0.15) is 5.54 Å². The molecule has 2 fully saturated rings. The van der Waals surface area contributed by atoms with Crippen molar-refractivity contribution < 1.29 is 9.53 Å². The second-order valence-electron chi connectivity index (χ2n) is 12.1. The third-order valence-corrected chi connectivity index (χ3v) is 8.03. The van der Waals surface area contributed by atoms with Crippen molar-refractivity contribution in [3.63, 3.8) is 0 Å². The first-order valence-corrected chi connectivity index (χ1v) is 14.6. The van der Waals surface area contributed by atoms with Gasteiger partial charge in [0.05, 0.1) is 6.04 Å². The average Bonchev–Trinajstić information content (AvgIpc) is 3.21. The van der Waals surface area contributed by atoms with Gasteiger partial charge in [-0.15, -0.1) is 0 Å². The highest BCUT2D eigenvalue weighted by Crippen LogP contribution is 2.38. The number of rotatable bonds is 9. The number of piperidine rings is 1. The molecule has 1 N–H and O–H groups in total. The lowest BCUT2D eigenvalue weighted by Crippen LogP contribution is -2.59. The molecule has 0 saturated carbocycles. The Bertz CT molecular complexity index is 896. The summed E-state index contributed by atoms with van der Waals surface area (Å²) in [5.74, 6) is 0.246. The maximum atomic E-state index is 13.7. The maximum absolute atomic E-state index is 13.7. The lowest BCUT2D eigenvalue weighted by molar-refractivity contribution is -0.137. The van der Waals surface area contributed by atoms with Crippen LogP contribution in [0.25, 0.3) is 0 Å². The van der Waals surface area contributed by atoms with E-state index in [0.717, 1.165) is 31.5 Å². The summed E-state index contributed by atoms with van der Waals surface area (Å²) < 4.78 is 6.42. The number of ether oxygens (including phenoxy) is 1. The van der Waals surface area contributed by atoms with Gasteiger partial charge in [-0.1, -0.05) is 57.0 Å². The van der Waals surface area contributed by atoms with E-state index in [0.29, 0.717) is 12.6 Å². The fourth-order valence-electron chi connectivity index (χ4n) is 6.04. The van der Waals surface area contributed by atoms with E-state index in [1.54, 1.807) is 0 Å². The fraction of sp³-hybridized carbons (Fsp3) is 0.733. The van der Waals surface area contributed by atoms with Crippen LogP contribution in [0.4, 0.5) is 0 Å². The molecule has 0 spiro atoms. The predicted octanol–water partition coefficient (Wildman–Crippen LogP) is 4.45. The number of hydrogen-bond acceptors (Lipinski definition) is 6. The first kappa shape index (κ1) is 27.9. The number of carbonyl (C=O) groups excluding carboxylic acids is 1. The van der Waals surface area contributed by atoms with Gasteiger partial charge in [-0.2, -0.15) is 0 Å². The molecule has 37 heavy (non-hydrogen) atoms. The Morgan fingerprint density at radius 2 is 1.81 bits per heavy atom. The minimum atomic E-state index is -0.326. The summed E-state index contributed by atoms with van der Waals surface area (Å²) >= 11 is 0. The average molecular weight is 512 g/mol. The Balaban J connectivity index is 1.31. The number of amidine groups is 1. The van der Waals surface area contributed by atoms with Gasteiger partial charge in [-0.05, 0) is 71.7 Å². The van der Waals surface area contributed by atoms with E-state index in [1.807, 2.05) is 6.07 Å². The summed E-state index contributed by atoms with van der Waals surface area (Å²) in [6, 6.07) is 11.3. The largest absolute Gasteiger partial charge is 0.454 e. The normalized spacial score (nSPS) is 25.2. The van der Waals surface area contributed by atoms with E-state index < -0.39 is 0 Å². The molecule has 1 aromatic carbocycles. The van der Waals surface area contributed by atoms with E-state index in [2.05, 4.69) is 78.9 Å². The number of hydrogen-bond donors (Lipinski definition) is 1. The summed E-state index contributed by atoms with van der Waals surface area (Å²) in [6.07, 6.45) is 7.11. The Hall–Kier alpha value is -2.12. The number of nitrogens with one attached hydrogen (secondary N) is 1. The van der Waals surface area contributed by atoms with Gasteiger partial charge in [0.15, 0.2) is 6.10 Å². The van der Waals surface area contributed by atoms with Crippen LogP contribution >= 0.6 is 0 Å². The number of carbonyl (C=O) groups is 1. The highest BCUT2D eigenvalue weighted by molar-refractivity contribution is 5.83. The molecule has 2 saturated heterocycles. The summed E-state index contributed by atoms with van der Waals surface area (Å²) in [6.45, 7) is 16.5. The highest BCUT2D eigenvalue weighted by atomic mass is 16.5.